The van der Waals surface area contributed by atoms with Crippen molar-refractivity contribution in [1.82, 2.24) is 4.98 Å². The zero-order valence-electron chi connectivity index (χ0n) is 13.3. The Morgan fingerprint density at radius 1 is 1.24 bits per heavy atom. The van der Waals surface area contributed by atoms with Gasteiger partial charge in [0.25, 0.3) is 0 Å². The molecular formula is C18H26N2O. The van der Waals surface area contributed by atoms with Crippen molar-refractivity contribution < 1.29 is 5.11 Å². The molecule has 114 valence electrons. The molecule has 0 spiro atoms. The van der Waals surface area contributed by atoms with Crippen molar-refractivity contribution in [2.45, 2.75) is 52.7 Å². The molecule has 0 fully saturated rings. The van der Waals surface area contributed by atoms with E-state index in [1.54, 1.807) is 0 Å². The van der Waals surface area contributed by atoms with Crippen molar-refractivity contribution in [1.29, 1.82) is 0 Å². The molecule has 0 bridgehead atoms. The van der Waals surface area contributed by atoms with Crippen LogP contribution in [0.25, 0.3) is 10.9 Å². The van der Waals surface area contributed by atoms with Gasteiger partial charge in [-0.15, -0.1) is 0 Å². The lowest BCUT2D eigenvalue weighted by Gasteiger charge is -2.32. The van der Waals surface area contributed by atoms with Gasteiger partial charge >= 0.3 is 0 Å². The largest absolute Gasteiger partial charge is 0.390 e. The van der Waals surface area contributed by atoms with Gasteiger partial charge in [0.1, 0.15) is 0 Å². The number of para-hydroxylation sites is 1. The first kappa shape index (κ1) is 15.8. The Morgan fingerprint density at radius 2 is 2.00 bits per heavy atom. The highest BCUT2D eigenvalue weighted by molar-refractivity contribution is 5.92. The molecule has 21 heavy (non-hydrogen) atoms. The standard InChI is InChI=1S/C18H26N2O/c1-4-6-11-20(14(3)5-2)18-12-15(13-21)19-17-10-8-7-9-16(17)18/h7-10,12,14,21H,4-6,11,13H2,1-3H3. The monoisotopic (exact) mass is 286 g/mol. The summed E-state index contributed by atoms with van der Waals surface area (Å²) in [6.45, 7) is 7.74. The smallest absolute Gasteiger partial charge is 0.0854 e. The molecule has 0 aliphatic carbocycles. The van der Waals surface area contributed by atoms with Crippen molar-refractivity contribution >= 4 is 16.6 Å². The molecule has 0 aliphatic rings. The van der Waals surface area contributed by atoms with Crippen LogP contribution < -0.4 is 4.90 Å². The van der Waals surface area contributed by atoms with E-state index in [0.29, 0.717) is 6.04 Å². The van der Waals surface area contributed by atoms with Gasteiger partial charge in [-0.25, -0.2) is 0 Å². The number of unbranched alkanes of at least 4 members (excludes halogenated alkanes) is 1. The van der Waals surface area contributed by atoms with Crippen LogP contribution in [0.1, 0.15) is 45.7 Å². The molecule has 0 radical (unpaired) electrons. The summed E-state index contributed by atoms with van der Waals surface area (Å²) in [5.41, 5.74) is 2.91. The highest BCUT2D eigenvalue weighted by atomic mass is 16.3. The molecule has 1 atom stereocenters. The molecular weight excluding hydrogens is 260 g/mol. The fourth-order valence-corrected chi connectivity index (χ4v) is 2.66. The van der Waals surface area contributed by atoms with E-state index < -0.39 is 0 Å². The van der Waals surface area contributed by atoms with Gasteiger partial charge in [0.05, 0.1) is 17.8 Å². The van der Waals surface area contributed by atoms with Crippen LogP contribution in [-0.4, -0.2) is 22.7 Å². The SMILES string of the molecule is CCCCN(c1cc(CO)nc2ccccc12)C(C)CC. The quantitative estimate of drug-likeness (QED) is 0.831. The third-order valence-corrected chi connectivity index (χ3v) is 4.09. The highest BCUT2D eigenvalue weighted by Gasteiger charge is 2.16. The number of anilines is 1. The average Bonchev–Trinajstić information content (AvgIpc) is 2.54. The number of aliphatic hydroxyl groups is 1. The lowest BCUT2D eigenvalue weighted by atomic mass is 10.1. The number of fused-ring (bicyclic) bond motifs is 1. The van der Waals surface area contributed by atoms with E-state index in [9.17, 15) is 5.11 Å². The second kappa shape index (κ2) is 7.41. The summed E-state index contributed by atoms with van der Waals surface area (Å²) in [5.74, 6) is 0. The molecule has 2 aromatic rings. The zero-order valence-corrected chi connectivity index (χ0v) is 13.3. The molecule has 1 unspecified atom stereocenters. The molecule has 1 aromatic heterocycles. The van der Waals surface area contributed by atoms with Crippen molar-refractivity contribution in [2.24, 2.45) is 0 Å². The summed E-state index contributed by atoms with van der Waals surface area (Å²) in [5, 5.41) is 10.7. The summed E-state index contributed by atoms with van der Waals surface area (Å²) in [4.78, 5) is 6.99. The molecule has 3 nitrogen and oxygen atoms in total. The summed E-state index contributed by atoms with van der Waals surface area (Å²) < 4.78 is 0. The molecule has 0 amide bonds. The first-order valence-corrected chi connectivity index (χ1v) is 7.97. The Labute approximate surface area is 127 Å². The number of pyridine rings is 1. The van der Waals surface area contributed by atoms with Crippen LogP contribution in [0.5, 0.6) is 0 Å². The molecule has 1 heterocycles. The number of aliphatic hydroxyl groups excluding tert-OH is 1. The van der Waals surface area contributed by atoms with Gasteiger partial charge in [0.2, 0.25) is 0 Å². The summed E-state index contributed by atoms with van der Waals surface area (Å²) >= 11 is 0. The lowest BCUT2D eigenvalue weighted by Crippen LogP contribution is -2.33. The van der Waals surface area contributed by atoms with Crippen LogP contribution in [0.3, 0.4) is 0 Å². The number of aromatic nitrogens is 1. The number of hydrogen-bond acceptors (Lipinski definition) is 3. The molecule has 1 N–H and O–H groups in total. The summed E-state index contributed by atoms with van der Waals surface area (Å²) in [6.07, 6.45) is 3.47. The average molecular weight is 286 g/mol. The van der Waals surface area contributed by atoms with E-state index in [1.165, 1.54) is 23.9 Å². The van der Waals surface area contributed by atoms with Gasteiger partial charge in [0.15, 0.2) is 0 Å². The Bertz CT molecular complexity index is 582. The number of hydrogen-bond donors (Lipinski definition) is 1. The maximum absolute atomic E-state index is 9.49. The Hall–Kier alpha value is -1.61. The predicted octanol–water partition coefficient (Wildman–Crippen LogP) is 4.13. The lowest BCUT2D eigenvalue weighted by molar-refractivity contribution is 0.277. The Kier molecular flexibility index (Phi) is 5.57. The van der Waals surface area contributed by atoms with E-state index >= 15 is 0 Å². The van der Waals surface area contributed by atoms with Gasteiger partial charge < -0.3 is 10.0 Å². The topological polar surface area (TPSA) is 36.4 Å². The van der Waals surface area contributed by atoms with Crippen LogP contribution >= 0.6 is 0 Å². The van der Waals surface area contributed by atoms with E-state index in [4.69, 9.17) is 0 Å². The molecule has 0 saturated heterocycles. The molecule has 1 aromatic carbocycles. The van der Waals surface area contributed by atoms with E-state index in [0.717, 1.165) is 24.2 Å². The van der Waals surface area contributed by atoms with Gasteiger partial charge in [-0.2, -0.15) is 0 Å². The first-order valence-electron chi connectivity index (χ1n) is 7.97. The minimum atomic E-state index is -0.0139. The molecule has 2 rings (SSSR count). The van der Waals surface area contributed by atoms with Gasteiger partial charge in [-0.1, -0.05) is 38.5 Å². The van der Waals surface area contributed by atoms with Crippen molar-refractivity contribution in [3.05, 3.63) is 36.0 Å². The summed E-state index contributed by atoms with van der Waals surface area (Å²) in [7, 11) is 0. The normalized spacial score (nSPS) is 12.6. The van der Waals surface area contributed by atoms with Crippen LogP contribution in [0.4, 0.5) is 5.69 Å². The van der Waals surface area contributed by atoms with Crippen molar-refractivity contribution in [3.63, 3.8) is 0 Å². The van der Waals surface area contributed by atoms with E-state index in [2.05, 4.69) is 42.8 Å². The molecule has 0 saturated carbocycles. The second-order valence-corrected chi connectivity index (χ2v) is 5.61. The van der Waals surface area contributed by atoms with Crippen molar-refractivity contribution in [2.75, 3.05) is 11.4 Å². The van der Waals surface area contributed by atoms with Gasteiger partial charge in [-0.05, 0) is 31.9 Å². The van der Waals surface area contributed by atoms with Crippen LogP contribution in [0, 0.1) is 0 Å². The minimum absolute atomic E-state index is 0.0139. The van der Waals surface area contributed by atoms with E-state index in [-0.39, 0.29) is 6.61 Å². The number of benzene rings is 1. The fourth-order valence-electron chi connectivity index (χ4n) is 2.66. The summed E-state index contributed by atoms with van der Waals surface area (Å²) in [6, 6.07) is 10.7. The Morgan fingerprint density at radius 3 is 2.67 bits per heavy atom. The maximum atomic E-state index is 9.49. The van der Waals surface area contributed by atoms with Crippen LogP contribution in [-0.2, 0) is 6.61 Å². The number of nitrogens with zero attached hydrogens (tertiary/aromatic N) is 2. The van der Waals surface area contributed by atoms with Crippen LogP contribution in [0.2, 0.25) is 0 Å². The Balaban J connectivity index is 2.53. The van der Waals surface area contributed by atoms with Crippen LogP contribution in [0.15, 0.2) is 30.3 Å². The third-order valence-electron chi connectivity index (χ3n) is 4.09. The maximum Gasteiger partial charge on any atom is 0.0854 e. The van der Waals surface area contributed by atoms with Crippen molar-refractivity contribution in [3.8, 4) is 0 Å². The van der Waals surface area contributed by atoms with E-state index in [1.807, 2.05) is 18.2 Å². The third kappa shape index (κ3) is 3.53. The number of rotatable bonds is 7. The second-order valence-electron chi connectivity index (χ2n) is 5.61. The highest BCUT2D eigenvalue weighted by Crippen LogP contribution is 2.29. The predicted molar refractivity (Wildman–Crippen MR) is 89.7 cm³/mol. The molecule has 0 aliphatic heterocycles. The molecule has 3 heteroatoms. The first-order chi connectivity index (χ1) is 10.2. The van der Waals surface area contributed by atoms with Gasteiger partial charge in [-0.3, -0.25) is 4.98 Å². The zero-order chi connectivity index (χ0) is 15.2. The van der Waals surface area contributed by atoms with Gasteiger partial charge in [0, 0.05) is 23.7 Å². The fraction of sp³-hybridized carbons (Fsp3) is 0.500. The minimum Gasteiger partial charge on any atom is -0.390 e.